The molecular weight excluding hydrogens is 511 g/mol. The number of rotatable bonds is 6. The van der Waals surface area contributed by atoms with E-state index in [1.54, 1.807) is 55.5 Å². The van der Waals surface area contributed by atoms with Gasteiger partial charge in [-0.05, 0) is 55.0 Å². The minimum absolute atomic E-state index is 0.176. The number of carbonyl (C=O) groups is 1. The van der Waals surface area contributed by atoms with Gasteiger partial charge < -0.3 is 5.32 Å². The summed E-state index contributed by atoms with van der Waals surface area (Å²) >= 11 is 0.852. The Labute approximate surface area is 200 Å². The minimum Gasteiger partial charge on any atom is -0.345 e. The van der Waals surface area contributed by atoms with Crippen LogP contribution in [0.25, 0.3) is 11.0 Å². The molecule has 168 valence electrons. The number of para-hydroxylation sites is 1. The van der Waals surface area contributed by atoms with Crippen LogP contribution in [0, 0.1) is 5.82 Å². The molecule has 1 amide bonds. The van der Waals surface area contributed by atoms with Gasteiger partial charge in [0.1, 0.15) is 11.3 Å². The Morgan fingerprint density at radius 1 is 1.09 bits per heavy atom. The van der Waals surface area contributed by atoms with E-state index in [4.69, 9.17) is 0 Å². The van der Waals surface area contributed by atoms with Crippen LogP contribution in [-0.2, 0) is 11.3 Å². The number of fused-ring (bicyclic) bond motifs is 1. The number of nitrogens with zero attached hydrogens (tertiary/aromatic N) is 3. The van der Waals surface area contributed by atoms with E-state index in [1.807, 2.05) is 0 Å². The van der Waals surface area contributed by atoms with E-state index >= 15 is 0 Å². The highest BCUT2D eigenvalue weighted by Gasteiger charge is 2.25. The Morgan fingerprint density at radius 3 is 2.55 bits per heavy atom. The molecular formula is C23H18BrFN4O3S. The molecule has 2 N–H and O–H groups in total. The van der Waals surface area contributed by atoms with Gasteiger partial charge in [0.25, 0.3) is 17.2 Å². The first-order chi connectivity index (χ1) is 15.8. The van der Waals surface area contributed by atoms with Gasteiger partial charge >= 0.3 is 0 Å². The highest BCUT2D eigenvalue weighted by Crippen LogP contribution is 2.35. The van der Waals surface area contributed by atoms with E-state index in [-0.39, 0.29) is 17.1 Å². The number of carbonyl (C=O) groups excluding carboxylic acids is 1. The lowest BCUT2D eigenvalue weighted by molar-refractivity contribution is 0.0940. The minimum atomic E-state index is -2.52. The normalized spacial score (nSPS) is 12.8. The van der Waals surface area contributed by atoms with Crippen LogP contribution in [0.1, 0.15) is 28.9 Å². The van der Waals surface area contributed by atoms with Gasteiger partial charge in [0, 0.05) is 16.9 Å². The van der Waals surface area contributed by atoms with E-state index in [9.17, 15) is 17.9 Å². The van der Waals surface area contributed by atoms with Crippen molar-refractivity contribution in [3.05, 3.63) is 94.5 Å². The maximum atomic E-state index is 13.2. The molecule has 3 aromatic carbocycles. The molecule has 0 radical (unpaired) electrons. The summed E-state index contributed by atoms with van der Waals surface area (Å²) in [4.78, 5) is 21.8. The lowest BCUT2D eigenvalue weighted by Gasteiger charge is -2.24. The first kappa shape index (κ1) is 23.0. The van der Waals surface area contributed by atoms with Crippen molar-refractivity contribution < 1.29 is 17.9 Å². The molecule has 2 atom stereocenters. The molecule has 4 aromatic rings. The lowest BCUT2D eigenvalue weighted by atomic mass is 10.1. The number of halogens is 2. The van der Waals surface area contributed by atoms with Crippen molar-refractivity contribution >= 4 is 55.5 Å². The average Bonchev–Trinajstić information content (AvgIpc) is 2.79. The second-order valence-electron chi connectivity index (χ2n) is 7.13. The van der Waals surface area contributed by atoms with Gasteiger partial charge in [0.2, 0.25) is 0 Å². The van der Waals surface area contributed by atoms with Crippen molar-refractivity contribution in [1.29, 1.82) is 0 Å². The Kier molecular flexibility index (Phi) is 6.77. The quantitative estimate of drug-likeness (QED) is 0.331. The third-order valence-corrected chi connectivity index (χ3v) is 6.19. The van der Waals surface area contributed by atoms with E-state index in [1.165, 1.54) is 24.5 Å². The largest absolute Gasteiger partial charge is 0.345 e. The third-order valence-electron chi connectivity index (χ3n) is 4.99. The number of hydrogen-bond donors (Lipinski definition) is 2. The van der Waals surface area contributed by atoms with E-state index in [0.29, 0.717) is 21.2 Å². The third kappa shape index (κ3) is 4.92. The maximum Gasteiger partial charge on any atom is 0.266 e. The predicted octanol–water partition coefficient (Wildman–Crippen LogP) is 5.30. The maximum absolute atomic E-state index is 13.2. The molecule has 0 spiro atoms. The molecule has 10 heteroatoms. The summed E-state index contributed by atoms with van der Waals surface area (Å²) in [6.07, 6.45) is 3.02. The molecule has 1 aromatic heterocycles. The van der Waals surface area contributed by atoms with Crippen molar-refractivity contribution in [3.63, 3.8) is 0 Å². The van der Waals surface area contributed by atoms with Crippen molar-refractivity contribution in [2.24, 2.45) is 0 Å². The highest BCUT2D eigenvalue weighted by atomic mass is 79.9. The fourth-order valence-corrected chi connectivity index (χ4v) is 4.40. The molecule has 2 unspecified atom stereocenters. The van der Waals surface area contributed by atoms with Gasteiger partial charge in [0.15, 0.2) is 0 Å². The zero-order valence-electron chi connectivity index (χ0n) is 17.3. The number of amides is 1. The fraction of sp³-hybridized carbons (Fsp3) is 0.0870. The highest BCUT2D eigenvalue weighted by molar-refractivity contribution is 9.10. The monoisotopic (exact) mass is 528 g/mol. The Bertz CT molecular complexity index is 1350. The Balaban J connectivity index is 1.77. The first-order valence-corrected chi connectivity index (χ1v) is 11.7. The van der Waals surface area contributed by atoms with Gasteiger partial charge in [-0.2, -0.15) is 0 Å². The van der Waals surface area contributed by atoms with Gasteiger partial charge in [0.05, 0.1) is 28.5 Å². The van der Waals surface area contributed by atoms with Crippen LogP contribution in [0.15, 0.2) is 77.5 Å². The van der Waals surface area contributed by atoms with Crippen LogP contribution >= 0.6 is 15.9 Å². The van der Waals surface area contributed by atoms with Crippen molar-refractivity contribution in [3.8, 4) is 0 Å². The SMILES string of the molecule is CC(NC(=O)c1ccc(Br)cc1N(c1cccc2nccnc12)S(=O)O)c1ccc(F)cc1. The van der Waals surface area contributed by atoms with Gasteiger partial charge in [-0.15, -0.1) is 0 Å². The molecule has 0 saturated heterocycles. The number of anilines is 2. The summed E-state index contributed by atoms with van der Waals surface area (Å²) in [6, 6.07) is 15.3. The number of nitrogens with one attached hydrogen (secondary N) is 1. The molecule has 4 rings (SSSR count). The molecule has 0 aliphatic rings. The fourth-order valence-electron chi connectivity index (χ4n) is 3.41. The topological polar surface area (TPSA) is 95.4 Å². The van der Waals surface area contributed by atoms with Crippen LogP contribution in [0.4, 0.5) is 15.8 Å². The zero-order chi connectivity index (χ0) is 23.5. The summed E-state index contributed by atoms with van der Waals surface area (Å²) in [6.45, 7) is 1.77. The van der Waals surface area contributed by atoms with Crippen molar-refractivity contribution in [2.45, 2.75) is 13.0 Å². The second kappa shape index (κ2) is 9.74. The van der Waals surface area contributed by atoms with Crippen LogP contribution < -0.4 is 9.62 Å². The smallest absolute Gasteiger partial charge is 0.266 e. The number of hydrogen-bond acceptors (Lipinski definition) is 4. The summed E-state index contributed by atoms with van der Waals surface area (Å²) < 4.78 is 37.7. The Morgan fingerprint density at radius 2 is 1.82 bits per heavy atom. The summed E-state index contributed by atoms with van der Waals surface area (Å²) in [5.74, 6) is -0.831. The lowest BCUT2D eigenvalue weighted by Crippen LogP contribution is -2.29. The number of aromatic nitrogens is 2. The number of benzene rings is 3. The van der Waals surface area contributed by atoms with Gasteiger partial charge in [-0.1, -0.05) is 34.1 Å². The van der Waals surface area contributed by atoms with Crippen LogP contribution in [0.2, 0.25) is 0 Å². The van der Waals surface area contributed by atoms with E-state index < -0.39 is 23.2 Å². The van der Waals surface area contributed by atoms with Crippen LogP contribution in [0.5, 0.6) is 0 Å². The average molecular weight is 529 g/mol. The predicted molar refractivity (Wildman–Crippen MR) is 129 cm³/mol. The van der Waals surface area contributed by atoms with Crippen molar-refractivity contribution in [1.82, 2.24) is 15.3 Å². The zero-order valence-corrected chi connectivity index (χ0v) is 19.7. The van der Waals surface area contributed by atoms with E-state index in [0.717, 1.165) is 9.87 Å². The standard InChI is InChI=1S/C23H18BrFN4O3S/c1-14(15-5-8-17(25)9-6-15)28-23(30)18-10-7-16(24)13-21(18)29(33(31)32)20-4-2-3-19-22(20)27-12-11-26-19/h2-14H,1H3,(H,28,30)(H,31,32). The molecule has 0 saturated carbocycles. The second-order valence-corrected chi connectivity index (χ2v) is 8.88. The van der Waals surface area contributed by atoms with Crippen LogP contribution in [-0.4, -0.2) is 24.6 Å². The van der Waals surface area contributed by atoms with Gasteiger partial charge in [-0.25, -0.2) is 12.9 Å². The van der Waals surface area contributed by atoms with Gasteiger partial charge in [-0.3, -0.25) is 19.3 Å². The molecule has 0 aliphatic carbocycles. The molecule has 0 bridgehead atoms. The summed E-state index contributed by atoms with van der Waals surface area (Å²) in [5.41, 5.74) is 2.36. The molecule has 1 heterocycles. The molecule has 33 heavy (non-hydrogen) atoms. The van der Waals surface area contributed by atoms with Crippen molar-refractivity contribution in [2.75, 3.05) is 4.31 Å². The molecule has 0 fully saturated rings. The summed E-state index contributed by atoms with van der Waals surface area (Å²) in [5, 5.41) is 2.86. The van der Waals surface area contributed by atoms with E-state index in [2.05, 4.69) is 31.2 Å². The Hall–Kier alpha value is -3.21. The molecule has 0 aliphatic heterocycles. The summed E-state index contributed by atoms with van der Waals surface area (Å²) in [7, 11) is 0. The van der Waals surface area contributed by atoms with Crippen LogP contribution in [0.3, 0.4) is 0 Å². The molecule has 7 nitrogen and oxygen atoms in total. The first-order valence-electron chi connectivity index (χ1n) is 9.82.